The summed E-state index contributed by atoms with van der Waals surface area (Å²) in [7, 11) is -3.49. The number of benzene rings is 3. The lowest BCUT2D eigenvalue weighted by atomic mass is 10.1. The molecular formula is C24H23O4P. The molecule has 1 unspecified atom stereocenters. The average molecular weight is 406 g/mol. The lowest BCUT2D eigenvalue weighted by molar-refractivity contribution is -0.142. The minimum atomic E-state index is -3.49. The van der Waals surface area contributed by atoms with Gasteiger partial charge >= 0.3 is 5.97 Å². The van der Waals surface area contributed by atoms with Gasteiger partial charge in [-0.1, -0.05) is 91.0 Å². The van der Waals surface area contributed by atoms with E-state index in [9.17, 15) is 14.2 Å². The molecule has 0 aliphatic heterocycles. The molecule has 148 valence electrons. The van der Waals surface area contributed by atoms with Crippen molar-refractivity contribution in [1.82, 2.24) is 0 Å². The van der Waals surface area contributed by atoms with E-state index < -0.39 is 18.8 Å². The topological polar surface area (TPSA) is 60.4 Å². The van der Waals surface area contributed by atoms with Crippen molar-refractivity contribution < 1.29 is 18.9 Å². The fourth-order valence-electron chi connectivity index (χ4n) is 3.32. The van der Waals surface area contributed by atoms with E-state index in [2.05, 4.69) is 0 Å². The Hall–Kier alpha value is -2.97. The molecular weight excluding hydrogens is 383 g/mol. The second kappa shape index (κ2) is 9.49. The van der Waals surface area contributed by atoms with E-state index >= 15 is 0 Å². The first kappa shape index (κ1) is 20.8. The van der Waals surface area contributed by atoms with E-state index in [0.717, 1.165) is 0 Å². The number of ether oxygens (including phenoxy) is 1. The van der Waals surface area contributed by atoms with E-state index in [4.69, 9.17) is 4.74 Å². The zero-order valence-corrected chi connectivity index (χ0v) is 17.1. The van der Waals surface area contributed by atoms with Crippen molar-refractivity contribution in [3.8, 4) is 0 Å². The Morgan fingerprint density at radius 2 is 1.24 bits per heavy atom. The summed E-state index contributed by atoms with van der Waals surface area (Å²) in [6.45, 7) is 1.85. The molecule has 3 aromatic rings. The molecule has 0 aliphatic rings. The molecule has 0 bridgehead atoms. The van der Waals surface area contributed by atoms with E-state index in [1.54, 1.807) is 79.7 Å². The van der Waals surface area contributed by atoms with Crippen molar-refractivity contribution in [2.45, 2.75) is 19.0 Å². The summed E-state index contributed by atoms with van der Waals surface area (Å²) in [5.41, 5.74) is -0.616. The van der Waals surface area contributed by atoms with Crippen LogP contribution in [0.5, 0.6) is 0 Å². The Morgan fingerprint density at radius 3 is 1.69 bits per heavy atom. The lowest BCUT2D eigenvalue weighted by Crippen LogP contribution is -2.35. The van der Waals surface area contributed by atoms with Crippen LogP contribution < -0.4 is 10.6 Å². The standard InChI is InChI=1S/C24H23O4P/c1-2-28-24(26)23(18-22(25)19-12-6-3-7-13-19)29(27,20-14-8-4-9-15-20)21-16-10-5-11-17-21/h3-17,23H,2,18H2,1H3. The number of hydrogen-bond acceptors (Lipinski definition) is 4. The van der Waals surface area contributed by atoms with Gasteiger partial charge in [-0.15, -0.1) is 0 Å². The summed E-state index contributed by atoms with van der Waals surface area (Å²) < 4.78 is 19.8. The molecule has 3 aromatic carbocycles. The van der Waals surface area contributed by atoms with Gasteiger partial charge in [0.15, 0.2) is 12.9 Å². The van der Waals surface area contributed by atoms with Crippen molar-refractivity contribution in [2.24, 2.45) is 0 Å². The van der Waals surface area contributed by atoms with Crippen LogP contribution in [0.3, 0.4) is 0 Å². The molecule has 0 spiro atoms. The smallest absolute Gasteiger partial charge is 0.317 e. The molecule has 1 atom stereocenters. The molecule has 0 radical (unpaired) electrons. The van der Waals surface area contributed by atoms with Gasteiger partial charge in [0.1, 0.15) is 5.66 Å². The summed E-state index contributed by atoms with van der Waals surface area (Å²) in [5, 5.41) is 1.07. The van der Waals surface area contributed by atoms with Gasteiger partial charge in [-0.3, -0.25) is 9.59 Å². The van der Waals surface area contributed by atoms with Crippen LogP contribution in [0.4, 0.5) is 0 Å². The number of hydrogen-bond donors (Lipinski definition) is 0. The third-order valence-electron chi connectivity index (χ3n) is 4.75. The molecule has 3 rings (SSSR count). The number of carbonyl (C=O) groups excluding carboxylic acids is 2. The molecule has 0 aromatic heterocycles. The van der Waals surface area contributed by atoms with Gasteiger partial charge in [0, 0.05) is 22.6 Å². The number of rotatable bonds is 8. The average Bonchev–Trinajstić information content (AvgIpc) is 2.78. The van der Waals surface area contributed by atoms with Crippen LogP contribution in [0, 0.1) is 0 Å². The zero-order valence-electron chi connectivity index (χ0n) is 16.2. The predicted octanol–water partition coefficient (Wildman–Crippen LogP) is 4.21. The summed E-state index contributed by atoms with van der Waals surface area (Å²) in [6.07, 6.45) is -0.191. The monoisotopic (exact) mass is 406 g/mol. The van der Waals surface area contributed by atoms with E-state index in [1.807, 2.05) is 18.2 Å². The lowest BCUT2D eigenvalue weighted by Gasteiger charge is -2.27. The molecule has 0 fully saturated rings. The minimum Gasteiger partial charge on any atom is -0.465 e. The summed E-state index contributed by atoms with van der Waals surface area (Å²) in [4.78, 5) is 25.9. The van der Waals surface area contributed by atoms with Crippen LogP contribution in [0.25, 0.3) is 0 Å². The first-order valence-electron chi connectivity index (χ1n) is 9.53. The number of esters is 1. The van der Waals surface area contributed by atoms with Gasteiger partial charge in [-0.2, -0.15) is 0 Å². The largest absolute Gasteiger partial charge is 0.465 e. The Bertz CT molecular complexity index is 957. The Labute approximate surface area is 170 Å². The van der Waals surface area contributed by atoms with Crippen LogP contribution in [0.2, 0.25) is 0 Å². The highest BCUT2D eigenvalue weighted by Gasteiger charge is 2.43. The maximum atomic E-state index is 14.5. The molecule has 0 N–H and O–H groups in total. The van der Waals surface area contributed by atoms with Crippen LogP contribution in [0.1, 0.15) is 23.7 Å². The highest BCUT2D eigenvalue weighted by Crippen LogP contribution is 2.50. The van der Waals surface area contributed by atoms with Gasteiger partial charge in [0.25, 0.3) is 0 Å². The minimum absolute atomic E-state index is 0.151. The van der Waals surface area contributed by atoms with Gasteiger partial charge in [-0.05, 0) is 6.92 Å². The number of ketones is 1. The first-order valence-corrected chi connectivity index (χ1v) is 11.3. The van der Waals surface area contributed by atoms with Gasteiger partial charge < -0.3 is 9.30 Å². The van der Waals surface area contributed by atoms with Crippen LogP contribution in [0.15, 0.2) is 91.0 Å². The molecule has 0 saturated heterocycles. The second-order valence-electron chi connectivity index (χ2n) is 6.59. The predicted molar refractivity (Wildman–Crippen MR) is 116 cm³/mol. The van der Waals surface area contributed by atoms with E-state index in [0.29, 0.717) is 16.2 Å². The van der Waals surface area contributed by atoms with Crippen LogP contribution in [-0.2, 0) is 14.1 Å². The zero-order chi connectivity index (χ0) is 20.7. The van der Waals surface area contributed by atoms with Crippen molar-refractivity contribution >= 4 is 29.5 Å². The SMILES string of the molecule is CCOC(=O)C(CC(=O)c1ccccc1)P(=O)(c1ccccc1)c1ccccc1. The van der Waals surface area contributed by atoms with Crippen molar-refractivity contribution in [2.75, 3.05) is 6.61 Å². The van der Waals surface area contributed by atoms with Gasteiger partial charge in [0.05, 0.1) is 6.61 Å². The molecule has 29 heavy (non-hydrogen) atoms. The fraction of sp³-hybridized carbons (Fsp3) is 0.167. The normalized spacial score (nSPS) is 12.2. The van der Waals surface area contributed by atoms with Gasteiger partial charge in [-0.25, -0.2) is 0 Å². The summed E-state index contributed by atoms with van der Waals surface area (Å²) >= 11 is 0. The highest BCUT2D eigenvalue weighted by molar-refractivity contribution is 7.80. The molecule has 4 nitrogen and oxygen atoms in total. The van der Waals surface area contributed by atoms with Crippen LogP contribution >= 0.6 is 7.14 Å². The molecule has 0 saturated carbocycles. The Morgan fingerprint density at radius 1 is 0.793 bits per heavy atom. The highest BCUT2D eigenvalue weighted by atomic mass is 31.2. The first-order chi connectivity index (χ1) is 14.1. The summed E-state index contributed by atoms with van der Waals surface area (Å²) in [6, 6.07) is 26.5. The number of Topliss-reactive ketones (excluding diaryl/α,β-unsaturated/α-hetero) is 1. The van der Waals surface area contributed by atoms with Crippen molar-refractivity contribution in [3.05, 3.63) is 96.6 Å². The molecule has 0 aliphatic carbocycles. The maximum Gasteiger partial charge on any atom is 0.317 e. The summed E-state index contributed by atoms with van der Waals surface area (Å²) in [5.74, 6) is -0.858. The third kappa shape index (κ3) is 4.55. The second-order valence-corrected chi connectivity index (χ2v) is 9.56. The quantitative estimate of drug-likeness (QED) is 0.320. The molecule has 0 heterocycles. The fourth-order valence-corrected chi connectivity index (χ4v) is 6.37. The third-order valence-corrected chi connectivity index (χ3v) is 8.15. The Kier molecular flexibility index (Phi) is 6.79. The number of carbonyl (C=O) groups is 2. The molecule has 0 amide bonds. The maximum absolute atomic E-state index is 14.5. The Balaban J connectivity index is 2.12. The van der Waals surface area contributed by atoms with Crippen molar-refractivity contribution in [1.29, 1.82) is 0 Å². The molecule has 5 heteroatoms. The van der Waals surface area contributed by atoms with E-state index in [-0.39, 0.29) is 18.8 Å². The van der Waals surface area contributed by atoms with Crippen LogP contribution in [-0.4, -0.2) is 24.0 Å². The van der Waals surface area contributed by atoms with E-state index in [1.165, 1.54) is 0 Å². The van der Waals surface area contributed by atoms with Gasteiger partial charge in [0.2, 0.25) is 0 Å². The van der Waals surface area contributed by atoms with Crippen molar-refractivity contribution in [3.63, 3.8) is 0 Å².